The molecule has 1 fully saturated rings. The van der Waals surface area contributed by atoms with Crippen molar-refractivity contribution in [2.24, 2.45) is 0 Å². The van der Waals surface area contributed by atoms with E-state index in [0.717, 1.165) is 30.2 Å². The Balaban J connectivity index is 2.12. The van der Waals surface area contributed by atoms with Gasteiger partial charge in [-0.15, -0.1) is 0 Å². The largest absolute Gasteiger partial charge is 0.385 e. The van der Waals surface area contributed by atoms with Crippen molar-refractivity contribution in [2.75, 3.05) is 36.2 Å². The van der Waals surface area contributed by atoms with Gasteiger partial charge in [0.1, 0.15) is 5.37 Å². The summed E-state index contributed by atoms with van der Waals surface area (Å²) in [6.07, 6.45) is 3.08. The van der Waals surface area contributed by atoms with Gasteiger partial charge in [-0.3, -0.25) is 9.88 Å². The average Bonchev–Trinajstić information content (AvgIpc) is 2.39. The molecule has 20 heavy (non-hydrogen) atoms. The second kappa shape index (κ2) is 6.78. The Morgan fingerprint density at radius 1 is 1.55 bits per heavy atom. The second-order valence-electron chi connectivity index (χ2n) is 4.90. The molecule has 1 N–H and O–H groups in total. The zero-order valence-corrected chi connectivity index (χ0v) is 13.5. The van der Waals surface area contributed by atoms with Crippen molar-refractivity contribution < 1.29 is 8.42 Å². The van der Waals surface area contributed by atoms with Crippen LogP contribution < -0.4 is 5.32 Å². The molecule has 1 atom stereocenters. The minimum absolute atomic E-state index is 0.397. The summed E-state index contributed by atoms with van der Waals surface area (Å²) in [5.41, 5.74) is 1.93. The minimum Gasteiger partial charge on any atom is -0.385 e. The van der Waals surface area contributed by atoms with Crippen LogP contribution in [0.1, 0.15) is 12.6 Å². The predicted octanol–water partition coefficient (Wildman–Crippen LogP) is 1.43. The lowest BCUT2D eigenvalue weighted by Crippen LogP contribution is -2.46. The van der Waals surface area contributed by atoms with Gasteiger partial charge in [0.05, 0.1) is 5.69 Å². The van der Waals surface area contributed by atoms with Crippen LogP contribution in [-0.4, -0.2) is 54.5 Å². The summed E-state index contributed by atoms with van der Waals surface area (Å²) in [6.45, 7) is 4.27. The standard InChI is InChI=1S/C13H21N3O2S2/c1-3-14-11-4-5-15-12(8-11)9-16-6-7-19-10-13(16)20(2,17)18/h4-5,8,13H,3,6-7,9-10H2,1-2H3,(H,14,15). The van der Waals surface area contributed by atoms with E-state index in [0.29, 0.717) is 12.3 Å². The number of pyridine rings is 1. The molecule has 1 aliphatic rings. The van der Waals surface area contributed by atoms with Crippen molar-refractivity contribution in [3.8, 4) is 0 Å². The number of aromatic nitrogens is 1. The van der Waals surface area contributed by atoms with Crippen LogP contribution in [0.15, 0.2) is 18.3 Å². The van der Waals surface area contributed by atoms with Gasteiger partial charge in [-0.1, -0.05) is 0 Å². The van der Waals surface area contributed by atoms with E-state index in [2.05, 4.69) is 10.3 Å². The topological polar surface area (TPSA) is 62.3 Å². The second-order valence-corrected chi connectivity index (χ2v) is 8.25. The third kappa shape index (κ3) is 4.10. The maximum atomic E-state index is 11.9. The van der Waals surface area contributed by atoms with E-state index in [1.54, 1.807) is 18.0 Å². The summed E-state index contributed by atoms with van der Waals surface area (Å²) in [7, 11) is -3.05. The van der Waals surface area contributed by atoms with Crippen molar-refractivity contribution in [1.82, 2.24) is 9.88 Å². The van der Waals surface area contributed by atoms with E-state index in [1.165, 1.54) is 6.26 Å². The van der Waals surface area contributed by atoms with Gasteiger partial charge < -0.3 is 5.32 Å². The first-order chi connectivity index (χ1) is 9.50. The fourth-order valence-electron chi connectivity index (χ4n) is 2.28. The van der Waals surface area contributed by atoms with Gasteiger partial charge in [0.15, 0.2) is 9.84 Å². The molecule has 0 spiro atoms. The highest BCUT2D eigenvalue weighted by atomic mass is 32.2. The molecule has 1 unspecified atom stereocenters. The summed E-state index contributed by atoms with van der Waals surface area (Å²) >= 11 is 1.70. The summed E-state index contributed by atoms with van der Waals surface area (Å²) in [5, 5.41) is 2.85. The molecule has 112 valence electrons. The molecule has 0 radical (unpaired) electrons. The first-order valence-electron chi connectivity index (χ1n) is 6.70. The number of hydrogen-bond acceptors (Lipinski definition) is 6. The number of nitrogens with one attached hydrogen (secondary N) is 1. The Morgan fingerprint density at radius 3 is 3.05 bits per heavy atom. The molecule has 7 heteroatoms. The molecule has 0 saturated carbocycles. The zero-order valence-electron chi connectivity index (χ0n) is 11.9. The fourth-order valence-corrected chi connectivity index (χ4v) is 5.22. The molecular weight excluding hydrogens is 294 g/mol. The predicted molar refractivity (Wildman–Crippen MR) is 84.8 cm³/mol. The highest BCUT2D eigenvalue weighted by molar-refractivity contribution is 8.00. The molecule has 5 nitrogen and oxygen atoms in total. The summed E-state index contributed by atoms with van der Waals surface area (Å²) in [6, 6.07) is 3.91. The van der Waals surface area contributed by atoms with Crippen LogP contribution in [0.5, 0.6) is 0 Å². The zero-order chi connectivity index (χ0) is 14.6. The van der Waals surface area contributed by atoms with Crippen molar-refractivity contribution in [3.05, 3.63) is 24.0 Å². The molecule has 1 aromatic heterocycles. The van der Waals surface area contributed by atoms with Gasteiger partial charge in [-0.05, 0) is 19.1 Å². The van der Waals surface area contributed by atoms with Gasteiger partial charge >= 0.3 is 0 Å². The maximum Gasteiger partial charge on any atom is 0.164 e. The molecule has 2 rings (SSSR count). The summed E-state index contributed by atoms with van der Waals surface area (Å²) in [5.74, 6) is 1.62. The van der Waals surface area contributed by atoms with Crippen molar-refractivity contribution in [1.29, 1.82) is 0 Å². The summed E-state index contributed by atoms with van der Waals surface area (Å²) < 4.78 is 23.7. The number of hydrogen-bond donors (Lipinski definition) is 1. The molecule has 1 saturated heterocycles. The van der Waals surface area contributed by atoms with Gasteiger partial charge in [0.2, 0.25) is 0 Å². The molecule has 0 amide bonds. The number of thioether (sulfide) groups is 1. The first kappa shape index (κ1) is 15.6. The van der Waals surface area contributed by atoms with Crippen LogP contribution in [0.2, 0.25) is 0 Å². The number of anilines is 1. The Bertz CT molecular complexity index is 548. The SMILES string of the molecule is CCNc1ccnc(CN2CCSCC2S(C)(=O)=O)c1. The molecule has 1 aromatic rings. The van der Waals surface area contributed by atoms with Crippen molar-refractivity contribution in [2.45, 2.75) is 18.8 Å². The van der Waals surface area contributed by atoms with Crippen LogP contribution >= 0.6 is 11.8 Å². The Kier molecular flexibility index (Phi) is 5.29. The third-order valence-corrected chi connectivity index (χ3v) is 5.93. The number of rotatable bonds is 5. The molecular formula is C13H21N3O2S2. The Hall–Kier alpha value is -0.790. The van der Waals surface area contributed by atoms with E-state index >= 15 is 0 Å². The van der Waals surface area contributed by atoms with E-state index in [4.69, 9.17) is 0 Å². The minimum atomic E-state index is -3.05. The number of nitrogens with zero attached hydrogens (tertiary/aromatic N) is 2. The normalized spacial score (nSPS) is 20.8. The van der Waals surface area contributed by atoms with Gasteiger partial charge in [0.25, 0.3) is 0 Å². The quantitative estimate of drug-likeness (QED) is 0.887. The lowest BCUT2D eigenvalue weighted by molar-refractivity contribution is 0.259. The van der Waals surface area contributed by atoms with Crippen LogP contribution in [0.3, 0.4) is 0 Å². The molecule has 0 aliphatic carbocycles. The highest BCUT2D eigenvalue weighted by Crippen LogP contribution is 2.22. The fraction of sp³-hybridized carbons (Fsp3) is 0.615. The first-order valence-corrected chi connectivity index (χ1v) is 9.81. The smallest absolute Gasteiger partial charge is 0.164 e. The monoisotopic (exact) mass is 315 g/mol. The molecule has 0 bridgehead atoms. The van der Waals surface area contributed by atoms with Gasteiger partial charge in [0, 0.05) is 49.3 Å². The number of sulfone groups is 1. The van der Waals surface area contributed by atoms with Crippen LogP contribution in [0.4, 0.5) is 5.69 Å². The van der Waals surface area contributed by atoms with Crippen molar-refractivity contribution >= 4 is 27.3 Å². The van der Waals surface area contributed by atoms with Crippen LogP contribution in [-0.2, 0) is 16.4 Å². The van der Waals surface area contributed by atoms with E-state index in [-0.39, 0.29) is 0 Å². The molecule has 0 aromatic carbocycles. The lowest BCUT2D eigenvalue weighted by atomic mass is 10.3. The Morgan fingerprint density at radius 2 is 2.35 bits per heavy atom. The Labute approximate surface area is 125 Å². The molecule has 1 aliphatic heterocycles. The van der Waals surface area contributed by atoms with E-state index in [9.17, 15) is 8.42 Å². The van der Waals surface area contributed by atoms with E-state index in [1.807, 2.05) is 24.0 Å². The third-order valence-electron chi connectivity index (χ3n) is 3.25. The van der Waals surface area contributed by atoms with Gasteiger partial charge in [-0.2, -0.15) is 11.8 Å². The lowest BCUT2D eigenvalue weighted by Gasteiger charge is -2.33. The van der Waals surface area contributed by atoms with Gasteiger partial charge in [-0.25, -0.2) is 8.42 Å². The average molecular weight is 315 g/mol. The highest BCUT2D eigenvalue weighted by Gasteiger charge is 2.31. The van der Waals surface area contributed by atoms with Crippen LogP contribution in [0.25, 0.3) is 0 Å². The molecule has 2 heterocycles. The van der Waals surface area contributed by atoms with Crippen LogP contribution in [0, 0.1) is 0 Å². The summed E-state index contributed by atoms with van der Waals surface area (Å²) in [4.78, 5) is 6.37. The van der Waals surface area contributed by atoms with E-state index < -0.39 is 15.2 Å². The van der Waals surface area contributed by atoms with Crippen molar-refractivity contribution in [3.63, 3.8) is 0 Å². The maximum absolute atomic E-state index is 11.9.